The Kier molecular flexibility index (Phi) is 10.4. The number of aliphatic imine (C=N–C) groups is 1. The number of rotatable bonds is 6. The number of pyridine rings is 1. The second kappa shape index (κ2) is 12.5. The van der Waals surface area contributed by atoms with E-state index in [1.165, 1.54) is 0 Å². The number of guanidine groups is 1. The molecule has 30 heavy (non-hydrogen) atoms. The van der Waals surface area contributed by atoms with Crippen molar-refractivity contribution in [1.29, 1.82) is 0 Å². The normalized spacial score (nSPS) is 14.9. The van der Waals surface area contributed by atoms with E-state index in [4.69, 9.17) is 23.2 Å². The maximum absolute atomic E-state index is 6.25. The molecule has 1 fully saturated rings. The van der Waals surface area contributed by atoms with Gasteiger partial charge < -0.3 is 20.4 Å². The quantitative estimate of drug-likeness (QED) is 0.316. The predicted molar refractivity (Wildman–Crippen MR) is 137 cm³/mol. The van der Waals surface area contributed by atoms with Crippen molar-refractivity contribution in [3.63, 3.8) is 0 Å². The molecule has 1 aliphatic rings. The Bertz CT molecular complexity index is 823. The minimum Gasteiger partial charge on any atom is -0.357 e. The van der Waals surface area contributed by atoms with Crippen LogP contribution in [0, 0.1) is 0 Å². The summed E-state index contributed by atoms with van der Waals surface area (Å²) in [6.07, 6.45) is 1.91. The van der Waals surface area contributed by atoms with Gasteiger partial charge in [-0.15, -0.1) is 24.0 Å². The fraction of sp³-hybridized carbons (Fsp3) is 0.429. The van der Waals surface area contributed by atoms with Crippen molar-refractivity contribution in [2.24, 2.45) is 4.99 Å². The van der Waals surface area contributed by atoms with Gasteiger partial charge in [0, 0.05) is 55.5 Å². The van der Waals surface area contributed by atoms with Crippen LogP contribution >= 0.6 is 47.2 Å². The van der Waals surface area contributed by atoms with Gasteiger partial charge in [-0.2, -0.15) is 0 Å². The molecular formula is C21H29Cl2IN6. The van der Waals surface area contributed by atoms with Crippen LogP contribution in [0.25, 0.3) is 0 Å². The van der Waals surface area contributed by atoms with E-state index >= 15 is 0 Å². The lowest BCUT2D eigenvalue weighted by atomic mass is 10.2. The van der Waals surface area contributed by atoms with Crippen LogP contribution in [-0.2, 0) is 13.1 Å². The van der Waals surface area contributed by atoms with E-state index < -0.39 is 0 Å². The first kappa shape index (κ1) is 25.0. The molecule has 0 aliphatic carbocycles. The molecule has 9 heteroatoms. The SMILES string of the molecule is CCNC(=NCc1ccc(N2CCN(C)CC2)nc1)NCc1ccc(Cl)cc1Cl.I. The first-order valence-corrected chi connectivity index (χ1v) is 10.6. The molecule has 1 saturated heterocycles. The van der Waals surface area contributed by atoms with Crippen LogP contribution in [0.4, 0.5) is 5.82 Å². The Morgan fingerprint density at radius 2 is 1.87 bits per heavy atom. The van der Waals surface area contributed by atoms with E-state index in [1.54, 1.807) is 6.07 Å². The number of nitrogens with zero attached hydrogens (tertiary/aromatic N) is 4. The fourth-order valence-corrected chi connectivity index (χ4v) is 3.56. The molecule has 0 bridgehead atoms. The Balaban J connectivity index is 0.00000320. The van der Waals surface area contributed by atoms with Crippen molar-refractivity contribution in [3.8, 4) is 0 Å². The molecule has 2 N–H and O–H groups in total. The summed E-state index contributed by atoms with van der Waals surface area (Å²) in [4.78, 5) is 14.0. The maximum atomic E-state index is 6.25. The number of benzene rings is 1. The van der Waals surface area contributed by atoms with Crippen molar-refractivity contribution in [1.82, 2.24) is 20.5 Å². The molecule has 1 aromatic carbocycles. The van der Waals surface area contributed by atoms with Crippen LogP contribution < -0.4 is 15.5 Å². The summed E-state index contributed by atoms with van der Waals surface area (Å²) in [5.74, 6) is 1.77. The van der Waals surface area contributed by atoms with Crippen LogP contribution in [-0.4, -0.2) is 55.6 Å². The van der Waals surface area contributed by atoms with E-state index in [0.29, 0.717) is 23.1 Å². The van der Waals surface area contributed by atoms with E-state index in [0.717, 1.165) is 55.6 Å². The monoisotopic (exact) mass is 562 g/mol. The summed E-state index contributed by atoms with van der Waals surface area (Å²) in [6.45, 7) is 8.12. The Labute approximate surface area is 206 Å². The Morgan fingerprint density at radius 3 is 2.50 bits per heavy atom. The third kappa shape index (κ3) is 7.44. The van der Waals surface area contributed by atoms with E-state index in [2.05, 4.69) is 49.6 Å². The maximum Gasteiger partial charge on any atom is 0.191 e. The zero-order valence-electron chi connectivity index (χ0n) is 17.4. The summed E-state index contributed by atoms with van der Waals surface area (Å²) in [7, 11) is 2.16. The molecule has 0 amide bonds. The average Bonchev–Trinajstić information content (AvgIpc) is 2.72. The van der Waals surface area contributed by atoms with Gasteiger partial charge >= 0.3 is 0 Å². The standard InChI is InChI=1S/C21H28Cl2N6.HI/c1-3-24-21(27-15-17-5-6-18(22)12-19(17)23)26-14-16-4-7-20(25-13-16)29-10-8-28(2)9-11-29;/h4-7,12-13H,3,8-11,14-15H2,1-2H3,(H2,24,26,27);1H. The van der Waals surface area contributed by atoms with Crippen LogP contribution in [0.15, 0.2) is 41.5 Å². The highest BCUT2D eigenvalue weighted by Gasteiger charge is 2.14. The molecule has 164 valence electrons. The number of anilines is 1. The van der Waals surface area contributed by atoms with Crippen molar-refractivity contribution >= 4 is 59.0 Å². The molecule has 0 spiro atoms. The molecule has 1 aliphatic heterocycles. The molecule has 2 heterocycles. The number of likely N-dealkylation sites (N-methyl/N-ethyl adjacent to an activating group) is 1. The number of hydrogen-bond acceptors (Lipinski definition) is 4. The highest BCUT2D eigenvalue weighted by molar-refractivity contribution is 14.0. The van der Waals surface area contributed by atoms with Gasteiger partial charge in [0.25, 0.3) is 0 Å². The van der Waals surface area contributed by atoms with Gasteiger partial charge in [-0.25, -0.2) is 9.98 Å². The topological polar surface area (TPSA) is 55.8 Å². The van der Waals surface area contributed by atoms with Gasteiger partial charge in [0.2, 0.25) is 0 Å². The second-order valence-corrected chi connectivity index (χ2v) is 7.94. The molecule has 3 rings (SSSR count). The predicted octanol–water partition coefficient (Wildman–Crippen LogP) is 4.01. The van der Waals surface area contributed by atoms with Crippen LogP contribution in [0.5, 0.6) is 0 Å². The molecular weight excluding hydrogens is 534 g/mol. The number of piperazine rings is 1. The third-order valence-corrected chi connectivity index (χ3v) is 5.45. The van der Waals surface area contributed by atoms with Crippen molar-refractivity contribution in [2.45, 2.75) is 20.0 Å². The van der Waals surface area contributed by atoms with Gasteiger partial charge in [-0.1, -0.05) is 35.3 Å². The summed E-state index contributed by atoms with van der Waals surface area (Å²) in [5.41, 5.74) is 2.05. The third-order valence-electron chi connectivity index (χ3n) is 4.86. The number of nitrogens with one attached hydrogen (secondary N) is 2. The van der Waals surface area contributed by atoms with Gasteiger partial charge in [-0.05, 0) is 43.3 Å². The van der Waals surface area contributed by atoms with Crippen LogP contribution in [0.2, 0.25) is 10.0 Å². The molecule has 6 nitrogen and oxygen atoms in total. The van der Waals surface area contributed by atoms with Gasteiger partial charge in [-0.3, -0.25) is 0 Å². The molecule has 0 unspecified atom stereocenters. The van der Waals surface area contributed by atoms with Crippen molar-refractivity contribution in [2.75, 3.05) is 44.7 Å². The molecule has 2 aromatic rings. The summed E-state index contributed by atoms with van der Waals surface area (Å²) in [5, 5.41) is 7.84. The fourth-order valence-electron chi connectivity index (χ4n) is 3.09. The summed E-state index contributed by atoms with van der Waals surface area (Å²) < 4.78 is 0. The minimum atomic E-state index is 0. The van der Waals surface area contributed by atoms with Gasteiger partial charge in [0.05, 0.1) is 6.54 Å². The molecule has 1 aromatic heterocycles. The second-order valence-electron chi connectivity index (χ2n) is 7.10. The first-order valence-electron chi connectivity index (χ1n) is 9.89. The number of hydrogen-bond donors (Lipinski definition) is 2. The van der Waals surface area contributed by atoms with E-state index in [1.807, 2.05) is 25.3 Å². The highest BCUT2D eigenvalue weighted by Crippen LogP contribution is 2.20. The lowest BCUT2D eigenvalue weighted by Gasteiger charge is -2.33. The highest BCUT2D eigenvalue weighted by atomic mass is 127. The Morgan fingerprint density at radius 1 is 1.10 bits per heavy atom. The zero-order chi connectivity index (χ0) is 20.6. The smallest absolute Gasteiger partial charge is 0.191 e. The van der Waals surface area contributed by atoms with E-state index in [-0.39, 0.29) is 24.0 Å². The van der Waals surface area contributed by atoms with Crippen LogP contribution in [0.3, 0.4) is 0 Å². The lowest BCUT2D eigenvalue weighted by Crippen LogP contribution is -2.44. The Hall–Kier alpha value is -1.29. The summed E-state index contributed by atoms with van der Waals surface area (Å²) >= 11 is 12.2. The number of halogens is 3. The average molecular weight is 563 g/mol. The summed E-state index contributed by atoms with van der Waals surface area (Å²) in [6, 6.07) is 9.69. The van der Waals surface area contributed by atoms with Crippen molar-refractivity contribution < 1.29 is 0 Å². The lowest BCUT2D eigenvalue weighted by molar-refractivity contribution is 0.312. The number of aromatic nitrogens is 1. The molecule has 0 atom stereocenters. The van der Waals surface area contributed by atoms with Gasteiger partial charge in [0.15, 0.2) is 5.96 Å². The largest absolute Gasteiger partial charge is 0.357 e. The van der Waals surface area contributed by atoms with Crippen LogP contribution in [0.1, 0.15) is 18.1 Å². The zero-order valence-corrected chi connectivity index (χ0v) is 21.2. The van der Waals surface area contributed by atoms with Gasteiger partial charge in [0.1, 0.15) is 5.82 Å². The minimum absolute atomic E-state index is 0. The molecule has 0 saturated carbocycles. The van der Waals surface area contributed by atoms with E-state index in [9.17, 15) is 0 Å². The van der Waals surface area contributed by atoms with Crippen molar-refractivity contribution in [3.05, 3.63) is 57.7 Å². The molecule has 0 radical (unpaired) electrons. The first-order chi connectivity index (χ1) is 14.0.